The summed E-state index contributed by atoms with van der Waals surface area (Å²) in [6.45, 7) is 3.85. The molecule has 2 aromatic carbocycles. The van der Waals surface area contributed by atoms with Crippen molar-refractivity contribution in [3.8, 4) is 5.75 Å². The molecule has 0 bridgehead atoms. The average molecular weight is 433 g/mol. The first kappa shape index (κ1) is 20.8. The molecule has 6 nitrogen and oxygen atoms in total. The summed E-state index contributed by atoms with van der Waals surface area (Å²) in [5.74, 6) is 0.652. The molecule has 1 amide bonds. The quantitative estimate of drug-likeness (QED) is 0.348. The minimum absolute atomic E-state index is 0.0912. The molecule has 31 heavy (non-hydrogen) atoms. The normalized spacial score (nSPS) is 11.3. The highest BCUT2D eigenvalue weighted by atomic mass is 32.1. The van der Waals surface area contributed by atoms with Gasteiger partial charge < -0.3 is 9.30 Å². The first-order valence-electron chi connectivity index (χ1n) is 10.3. The molecule has 4 rings (SSSR count). The standard InChI is InChI=1S/C24H24N4O2S/c1-2-30-20-10-6-11-21-23(20)26-24(31-21)28(16-7-15-27-17-14-25-18-27)22(29)13-12-19-8-4-3-5-9-19/h3-6,8-14,17-18H,2,7,15-16H2,1H3/b13-12+. The van der Waals surface area contributed by atoms with Crippen molar-refractivity contribution in [1.29, 1.82) is 0 Å². The molecule has 4 aromatic rings. The summed E-state index contributed by atoms with van der Waals surface area (Å²) < 4.78 is 8.73. The Morgan fingerprint density at radius 1 is 1.19 bits per heavy atom. The number of hydrogen-bond acceptors (Lipinski definition) is 5. The summed E-state index contributed by atoms with van der Waals surface area (Å²) in [6.07, 6.45) is 9.71. The molecule has 0 N–H and O–H groups in total. The van der Waals surface area contributed by atoms with Crippen LogP contribution in [0.15, 0.2) is 73.3 Å². The van der Waals surface area contributed by atoms with E-state index < -0.39 is 0 Å². The Bertz CT molecular complexity index is 1150. The predicted molar refractivity (Wildman–Crippen MR) is 125 cm³/mol. The number of nitrogens with zero attached hydrogens (tertiary/aromatic N) is 4. The number of rotatable bonds is 9. The number of amides is 1. The predicted octanol–water partition coefficient (Wildman–Crippen LogP) is 5.03. The van der Waals surface area contributed by atoms with E-state index in [1.54, 1.807) is 23.5 Å². The van der Waals surface area contributed by atoms with Crippen LogP contribution < -0.4 is 9.64 Å². The van der Waals surface area contributed by atoms with E-state index in [0.29, 0.717) is 18.3 Å². The van der Waals surface area contributed by atoms with E-state index in [4.69, 9.17) is 9.72 Å². The number of anilines is 1. The minimum atomic E-state index is -0.0912. The van der Waals surface area contributed by atoms with Gasteiger partial charge >= 0.3 is 0 Å². The molecule has 0 atom stereocenters. The molecule has 0 aliphatic rings. The van der Waals surface area contributed by atoms with E-state index >= 15 is 0 Å². The second-order valence-corrected chi connectivity index (χ2v) is 7.93. The Labute approximate surface area is 185 Å². The van der Waals surface area contributed by atoms with Crippen molar-refractivity contribution in [1.82, 2.24) is 14.5 Å². The van der Waals surface area contributed by atoms with Gasteiger partial charge in [-0.05, 0) is 37.1 Å². The summed E-state index contributed by atoms with van der Waals surface area (Å²) in [6, 6.07) is 15.7. The fraction of sp³-hybridized carbons (Fsp3) is 0.208. The van der Waals surface area contributed by atoms with Crippen LogP contribution in [0.5, 0.6) is 5.75 Å². The van der Waals surface area contributed by atoms with Gasteiger partial charge in [0.1, 0.15) is 11.3 Å². The number of ether oxygens (including phenoxy) is 1. The lowest BCUT2D eigenvalue weighted by atomic mass is 10.2. The van der Waals surface area contributed by atoms with Crippen molar-refractivity contribution in [3.63, 3.8) is 0 Å². The van der Waals surface area contributed by atoms with Gasteiger partial charge in [-0.1, -0.05) is 47.7 Å². The number of carbonyl (C=O) groups is 1. The van der Waals surface area contributed by atoms with Crippen LogP contribution in [0, 0.1) is 0 Å². The molecule has 0 aliphatic carbocycles. The molecule has 0 unspecified atom stereocenters. The largest absolute Gasteiger partial charge is 0.492 e. The highest BCUT2D eigenvalue weighted by Crippen LogP contribution is 2.34. The Balaban J connectivity index is 1.59. The first-order valence-corrected chi connectivity index (χ1v) is 11.1. The van der Waals surface area contributed by atoms with E-state index in [0.717, 1.165) is 34.5 Å². The van der Waals surface area contributed by atoms with Crippen LogP contribution in [0.3, 0.4) is 0 Å². The molecule has 0 radical (unpaired) electrons. The van der Waals surface area contributed by atoms with Crippen LogP contribution in [-0.2, 0) is 11.3 Å². The molecule has 0 fully saturated rings. The number of aryl methyl sites for hydroxylation is 1. The van der Waals surface area contributed by atoms with E-state index in [9.17, 15) is 4.79 Å². The van der Waals surface area contributed by atoms with Crippen molar-refractivity contribution < 1.29 is 9.53 Å². The van der Waals surface area contributed by atoms with Crippen molar-refractivity contribution in [3.05, 3.63) is 78.9 Å². The molecule has 158 valence electrons. The summed E-state index contributed by atoms with van der Waals surface area (Å²) in [5, 5.41) is 0.676. The number of hydrogen-bond donors (Lipinski definition) is 0. The Morgan fingerprint density at radius 2 is 2.06 bits per heavy atom. The van der Waals surface area contributed by atoms with E-state index in [-0.39, 0.29) is 5.91 Å². The molecule has 0 saturated carbocycles. The third-order valence-electron chi connectivity index (χ3n) is 4.74. The molecule has 7 heteroatoms. The lowest BCUT2D eigenvalue weighted by molar-refractivity contribution is -0.114. The highest BCUT2D eigenvalue weighted by molar-refractivity contribution is 7.22. The Hall–Kier alpha value is -3.45. The van der Waals surface area contributed by atoms with Gasteiger partial charge in [0.15, 0.2) is 5.13 Å². The lowest BCUT2D eigenvalue weighted by Crippen LogP contribution is -2.30. The molecule has 0 aliphatic heterocycles. The molecule has 2 aromatic heterocycles. The average Bonchev–Trinajstić information content (AvgIpc) is 3.46. The molecular weight excluding hydrogens is 408 g/mol. The number of aromatic nitrogens is 3. The lowest BCUT2D eigenvalue weighted by Gasteiger charge is -2.18. The van der Waals surface area contributed by atoms with Gasteiger partial charge in [0.25, 0.3) is 5.91 Å². The Kier molecular flexibility index (Phi) is 6.74. The third-order valence-corrected chi connectivity index (χ3v) is 5.79. The summed E-state index contributed by atoms with van der Waals surface area (Å²) >= 11 is 1.50. The zero-order chi connectivity index (χ0) is 21.5. The second-order valence-electron chi connectivity index (χ2n) is 6.92. The van der Waals surface area contributed by atoms with Gasteiger partial charge in [-0.3, -0.25) is 9.69 Å². The van der Waals surface area contributed by atoms with Crippen molar-refractivity contribution in [2.45, 2.75) is 19.9 Å². The maximum absolute atomic E-state index is 13.2. The van der Waals surface area contributed by atoms with Crippen molar-refractivity contribution in [2.75, 3.05) is 18.1 Å². The van der Waals surface area contributed by atoms with Gasteiger partial charge in [0, 0.05) is 31.6 Å². The van der Waals surface area contributed by atoms with Crippen molar-refractivity contribution in [2.24, 2.45) is 0 Å². The summed E-state index contributed by atoms with van der Waals surface area (Å²) in [4.78, 5) is 23.7. The number of fused-ring (bicyclic) bond motifs is 1. The molecule has 2 heterocycles. The molecular formula is C24H24N4O2S. The van der Waals surface area contributed by atoms with Crippen LogP contribution >= 0.6 is 11.3 Å². The van der Waals surface area contributed by atoms with Gasteiger partial charge in [-0.2, -0.15) is 0 Å². The van der Waals surface area contributed by atoms with Crippen LogP contribution in [0.1, 0.15) is 18.9 Å². The van der Waals surface area contributed by atoms with Gasteiger partial charge in [-0.15, -0.1) is 0 Å². The minimum Gasteiger partial charge on any atom is -0.492 e. The highest BCUT2D eigenvalue weighted by Gasteiger charge is 2.19. The van der Waals surface area contributed by atoms with Gasteiger partial charge in [-0.25, -0.2) is 9.97 Å². The van der Waals surface area contributed by atoms with Crippen LogP contribution in [0.4, 0.5) is 5.13 Å². The smallest absolute Gasteiger partial charge is 0.252 e. The van der Waals surface area contributed by atoms with E-state index in [1.807, 2.05) is 72.3 Å². The maximum atomic E-state index is 13.2. The first-order chi connectivity index (χ1) is 15.2. The van der Waals surface area contributed by atoms with Gasteiger partial charge in [0.05, 0.1) is 17.6 Å². The number of para-hydroxylation sites is 1. The summed E-state index contributed by atoms with van der Waals surface area (Å²) in [7, 11) is 0. The topological polar surface area (TPSA) is 60.2 Å². The van der Waals surface area contributed by atoms with Crippen LogP contribution in [0.2, 0.25) is 0 Å². The zero-order valence-electron chi connectivity index (χ0n) is 17.3. The molecule has 0 spiro atoms. The van der Waals surface area contributed by atoms with E-state index in [2.05, 4.69) is 4.98 Å². The van der Waals surface area contributed by atoms with Crippen molar-refractivity contribution >= 4 is 38.7 Å². The van der Waals surface area contributed by atoms with Gasteiger partial charge in [0.2, 0.25) is 0 Å². The fourth-order valence-electron chi connectivity index (χ4n) is 3.25. The van der Waals surface area contributed by atoms with Crippen LogP contribution in [-0.4, -0.2) is 33.6 Å². The number of benzene rings is 2. The SMILES string of the molecule is CCOc1cccc2sc(N(CCCn3ccnc3)C(=O)/C=C/c3ccccc3)nc12. The second kappa shape index (κ2) is 10.0. The third kappa shape index (κ3) is 5.19. The van der Waals surface area contributed by atoms with E-state index in [1.165, 1.54) is 11.3 Å². The Morgan fingerprint density at radius 3 is 2.84 bits per heavy atom. The fourth-order valence-corrected chi connectivity index (χ4v) is 4.27. The van der Waals surface area contributed by atoms with Crippen LogP contribution in [0.25, 0.3) is 16.3 Å². The summed E-state index contributed by atoms with van der Waals surface area (Å²) in [5.41, 5.74) is 1.78. The molecule has 0 saturated heterocycles. The maximum Gasteiger partial charge on any atom is 0.252 e. The monoisotopic (exact) mass is 432 g/mol. The number of carbonyl (C=O) groups excluding carboxylic acids is 1. The zero-order valence-corrected chi connectivity index (χ0v) is 18.2. The number of imidazole rings is 1. The number of thiazole rings is 1.